The molecule has 2 aliphatic heterocycles. The number of nitrogens with one attached hydrogen (secondary N) is 1. The van der Waals surface area contributed by atoms with Crippen molar-refractivity contribution in [1.29, 1.82) is 0 Å². The van der Waals surface area contributed by atoms with Gasteiger partial charge in [0.1, 0.15) is 0 Å². The van der Waals surface area contributed by atoms with E-state index in [9.17, 15) is 4.79 Å². The van der Waals surface area contributed by atoms with Crippen molar-refractivity contribution in [3.63, 3.8) is 0 Å². The molecule has 2 saturated heterocycles. The minimum Gasteiger partial charge on any atom is -0.378 e. The molecular weight excluding hydrogens is 250 g/mol. The fraction of sp³-hybridized carbons (Fsp3) is 0.562. The van der Waals surface area contributed by atoms with Crippen LogP contribution in [-0.4, -0.2) is 44.5 Å². The highest BCUT2D eigenvalue weighted by Crippen LogP contribution is 2.34. The molecule has 4 nitrogen and oxygen atoms in total. The van der Waals surface area contributed by atoms with Gasteiger partial charge in [-0.05, 0) is 30.5 Å². The number of amides is 1. The molecule has 0 aliphatic carbocycles. The molecule has 0 bridgehead atoms. The summed E-state index contributed by atoms with van der Waals surface area (Å²) in [6.45, 7) is 2.60. The van der Waals surface area contributed by atoms with E-state index >= 15 is 0 Å². The summed E-state index contributed by atoms with van der Waals surface area (Å²) in [6, 6.07) is 8.84. The molecule has 0 radical (unpaired) electrons. The van der Waals surface area contributed by atoms with Gasteiger partial charge in [-0.25, -0.2) is 0 Å². The second kappa shape index (κ2) is 5.44. The SMILES string of the molecule is CN(C)c1cccc(C2CCCN2C(=O)C2CNC2)c1. The van der Waals surface area contributed by atoms with Crippen molar-refractivity contribution in [2.24, 2.45) is 5.92 Å². The molecule has 0 spiro atoms. The Morgan fingerprint density at radius 1 is 1.35 bits per heavy atom. The van der Waals surface area contributed by atoms with Crippen LogP contribution in [0.4, 0.5) is 5.69 Å². The van der Waals surface area contributed by atoms with Gasteiger partial charge < -0.3 is 15.1 Å². The van der Waals surface area contributed by atoms with Crippen LogP contribution >= 0.6 is 0 Å². The van der Waals surface area contributed by atoms with Crippen LogP contribution < -0.4 is 10.2 Å². The molecule has 1 aromatic carbocycles. The zero-order chi connectivity index (χ0) is 14.1. The first-order chi connectivity index (χ1) is 9.66. The molecule has 1 atom stereocenters. The number of hydrogen-bond donors (Lipinski definition) is 1. The quantitative estimate of drug-likeness (QED) is 0.909. The lowest BCUT2D eigenvalue weighted by atomic mass is 9.99. The van der Waals surface area contributed by atoms with E-state index in [0.29, 0.717) is 5.91 Å². The zero-order valence-electron chi connectivity index (χ0n) is 12.3. The van der Waals surface area contributed by atoms with Crippen molar-refractivity contribution in [2.75, 3.05) is 38.6 Å². The third kappa shape index (κ3) is 2.40. The molecule has 108 valence electrons. The normalized spacial score (nSPS) is 22.7. The Balaban J connectivity index is 1.80. The number of benzene rings is 1. The van der Waals surface area contributed by atoms with E-state index < -0.39 is 0 Å². The Hall–Kier alpha value is -1.55. The van der Waals surface area contributed by atoms with Gasteiger partial charge in [0.15, 0.2) is 0 Å². The third-order valence-electron chi connectivity index (χ3n) is 4.44. The Bertz CT molecular complexity index is 496. The second-order valence-electron chi connectivity index (χ2n) is 6.03. The fourth-order valence-corrected chi connectivity index (χ4v) is 3.09. The van der Waals surface area contributed by atoms with E-state index in [0.717, 1.165) is 32.5 Å². The Morgan fingerprint density at radius 3 is 2.80 bits per heavy atom. The number of carbonyl (C=O) groups excluding carboxylic acids is 1. The van der Waals surface area contributed by atoms with Gasteiger partial charge in [0.05, 0.1) is 12.0 Å². The zero-order valence-corrected chi connectivity index (χ0v) is 12.3. The fourth-order valence-electron chi connectivity index (χ4n) is 3.09. The molecule has 1 amide bonds. The number of rotatable bonds is 3. The van der Waals surface area contributed by atoms with E-state index in [1.54, 1.807) is 0 Å². The maximum absolute atomic E-state index is 12.5. The predicted molar refractivity (Wildman–Crippen MR) is 80.8 cm³/mol. The summed E-state index contributed by atoms with van der Waals surface area (Å²) in [5.74, 6) is 0.536. The van der Waals surface area contributed by atoms with E-state index in [1.165, 1.54) is 11.3 Å². The number of nitrogens with zero attached hydrogens (tertiary/aromatic N) is 2. The lowest BCUT2D eigenvalue weighted by Gasteiger charge is -2.33. The van der Waals surface area contributed by atoms with E-state index in [1.807, 2.05) is 0 Å². The monoisotopic (exact) mass is 273 g/mol. The van der Waals surface area contributed by atoms with Crippen molar-refractivity contribution in [3.8, 4) is 0 Å². The molecule has 2 heterocycles. The summed E-state index contributed by atoms with van der Waals surface area (Å²) in [7, 11) is 4.10. The van der Waals surface area contributed by atoms with Gasteiger partial charge in [0.25, 0.3) is 0 Å². The minimum atomic E-state index is 0.202. The van der Waals surface area contributed by atoms with Gasteiger partial charge in [0, 0.05) is 39.4 Å². The van der Waals surface area contributed by atoms with E-state index in [4.69, 9.17) is 0 Å². The first-order valence-electron chi connectivity index (χ1n) is 7.45. The summed E-state index contributed by atoms with van der Waals surface area (Å²) in [4.78, 5) is 16.7. The average Bonchev–Trinajstić information content (AvgIpc) is 2.86. The van der Waals surface area contributed by atoms with Crippen molar-refractivity contribution in [3.05, 3.63) is 29.8 Å². The summed E-state index contributed by atoms with van der Waals surface area (Å²) in [5, 5.41) is 3.19. The molecule has 2 fully saturated rings. The molecule has 1 aromatic rings. The highest BCUT2D eigenvalue weighted by atomic mass is 16.2. The molecule has 3 rings (SSSR count). The van der Waals surface area contributed by atoms with Crippen LogP contribution in [0.25, 0.3) is 0 Å². The van der Waals surface area contributed by atoms with Crippen LogP contribution in [-0.2, 0) is 4.79 Å². The highest BCUT2D eigenvalue weighted by Gasteiger charge is 2.36. The number of hydrogen-bond acceptors (Lipinski definition) is 3. The Kier molecular flexibility index (Phi) is 3.66. The van der Waals surface area contributed by atoms with Gasteiger partial charge in [0.2, 0.25) is 5.91 Å². The standard InChI is InChI=1S/C16H23N3O/c1-18(2)14-6-3-5-12(9-14)15-7-4-8-19(15)16(20)13-10-17-11-13/h3,5-6,9,13,15,17H,4,7-8,10-11H2,1-2H3. The molecule has 20 heavy (non-hydrogen) atoms. The van der Waals surface area contributed by atoms with Gasteiger partial charge in [-0.3, -0.25) is 4.79 Å². The highest BCUT2D eigenvalue weighted by molar-refractivity contribution is 5.81. The number of anilines is 1. The lowest BCUT2D eigenvalue weighted by Crippen LogP contribution is -2.51. The summed E-state index contributed by atoms with van der Waals surface area (Å²) >= 11 is 0. The predicted octanol–water partition coefficient (Wildman–Crippen LogP) is 1.64. The molecule has 0 saturated carbocycles. The van der Waals surface area contributed by atoms with E-state index in [2.05, 4.69) is 53.5 Å². The van der Waals surface area contributed by atoms with Crippen LogP contribution in [0.3, 0.4) is 0 Å². The maximum atomic E-state index is 12.5. The van der Waals surface area contributed by atoms with Crippen molar-refractivity contribution in [1.82, 2.24) is 10.2 Å². The van der Waals surface area contributed by atoms with Crippen LogP contribution in [0.1, 0.15) is 24.4 Å². The van der Waals surface area contributed by atoms with Crippen LogP contribution in [0.15, 0.2) is 24.3 Å². The van der Waals surface area contributed by atoms with Crippen LogP contribution in [0, 0.1) is 5.92 Å². The summed E-state index contributed by atoms with van der Waals surface area (Å²) in [5.41, 5.74) is 2.47. The summed E-state index contributed by atoms with van der Waals surface area (Å²) in [6.07, 6.45) is 2.20. The molecule has 1 unspecified atom stereocenters. The largest absolute Gasteiger partial charge is 0.378 e. The number of likely N-dealkylation sites (tertiary alicyclic amines) is 1. The second-order valence-corrected chi connectivity index (χ2v) is 6.03. The van der Waals surface area contributed by atoms with E-state index in [-0.39, 0.29) is 12.0 Å². The average molecular weight is 273 g/mol. The first kappa shape index (κ1) is 13.4. The maximum Gasteiger partial charge on any atom is 0.228 e. The van der Waals surface area contributed by atoms with Crippen molar-refractivity contribution < 1.29 is 4.79 Å². The molecule has 4 heteroatoms. The van der Waals surface area contributed by atoms with Gasteiger partial charge in [-0.1, -0.05) is 12.1 Å². The topological polar surface area (TPSA) is 35.6 Å². The van der Waals surface area contributed by atoms with Gasteiger partial charge in [-0.15, -0.1) is 0 Å². The minimum absolute atomic E-state index is 0.202. The molecule has 1 N–H and O–H groups in total. The Morgan fingerprint density at radius 2 is 2.15 bits per heavy atom. The lowest BCUT2D eigenvalue weighted by molar-refractivity contribution is -0.138. The Labute approximate surface area is 120 Å². The van der Waals surface area contributed by atoms with Crippen molar-refractivity contribution in [2.45, 2.75) is 18.9 Å². The van der Waals surface area contributed by atoms with Crippen LogP contribution in [0.5, 0.6) is 0 Å². The van der Waals surface area contributed by atoms with Crippen molar-refractivity contribution >= 4 is 11.6 Å². The molecule has 0 aromatic heterocycles. The summed E-state index contributed by atoms with van der Waals surface area (Å²) < 4.78 is 0. The smallest absolute Gasteiger partial charge is 0.228 e. The molecule has 2 aliphatic rings. The number of carbonyl (C=O) groups is 1. The molecular formula is C16H23N3O. The van der Waals surface area contributed by atoms with Crippen LogP contribution in [0.2, 0.25) is 0 Å². The third-order valence-corrected chi connectivity index (χ3v) is 4.44. The van der Waals surface area contributed by atoms with Gasteiger partial charge >= 0.3 is 0 Å². The first-order valence-corrected chi connectivity index (χ1v) is 7.45. The van der Waals surface area contributed by atoms with Gasteiger partial charge in [-0.2, -0.15) is 0 Å².